The molecule has 1 aromatic carbocycles. The van der Waals surface area contributed by atoms with E-state index >= 15 is 0 Å². The number of alkyl halides is 6. The predicted octanol–water partition coefficient (Wildman–Crippen LogP) is 6.65. The molecule has 0 saturated heterocycles. The molecular formula is C20H16Cl2F6N2O. The zero-order valence-corrected chi connectivity index (χ0v) is 17.3. The van der Waals surface area contributed by atoms with E-state index in [0.29, 0.717) is 0 Å². The number of carbonyl (C=O) groups excluding carboxylic acids is 1. The van der Waals surface area contributed by atoms with Crippen molar-refractivity contribution < 1.29 is 31.1 Å². The Bertz CT molecular complexity index is 973. The van der Waals surface area contributed by atoms with E-state index in [1.54, 1.807) is 0 Å². The maximum Gasteiger partial charge on any atom is 0.433 e. The van der Waals surface area contributed by atoms with E-state index in [2.05, 4.69) is 10.3 Å². The van der Waals surface area contributed by atoms with Gasteiger partial charge in [-0.3, -0.25) is 9.78 Å². The Labute approximate surface area is 183 Å². The van der Waals surface area contributed by atoms with Crippen molar-refractivity contribution in [3.8, 4) is 0 Å². The Morgan fingerprint density at radius 3 is 2.35 bits per heavy atom. The first-order chi connectivity index (χ1) is 14.4. The number of halogens is 8. The molecule has 2 aromatic rings. The van der Waals surface area contributed by atoms with Crippen LogP contribution in [-0.2, 0) is 6.18 Å². The molecule has 1 aliphatic carbocycles. The second-order valence-corrected chi connectivity index (χ2v) is 8.21. The first-order valence-corrected chi connectivity index (χ1v) is 9.92. The van der Waals surface area contributed by atoms with Gasteiger partial charge in [0.25, 0.3) is 5.91 Å². The third kappa shape index (κ3) is 5.09. The topological polar surface area (TPSA) is 42.0 Å². The lowest BCUT2D eigenvalue weighted by atomic mass is 9.85. The summed E-state index contributed by atoms with van der Waals surface area (Å²) in [6.45, 7) is -0.464. The Kier molecular flexibility index (Phi) is 6.49. The lowest BCUT2D eigenvalue weighted by Crippen LogP contribution is -2.34. The smallest absolute Gasteiger partial charge is 0.351 e. The summed E-state index contributed by atoms with van der Waals surface area (Å²) in [7, 11) is 0. The Morgan fingerprint density at radius 1 is 1.10 bits per heavy atom. The van der Waals surface area contributed by atoms with Gasteiger partial charge in [-0.1, -0.05) is 35.3 Å². The zero-order chi connectivity index (χ0) is 23.0. The first-order valence-electron chi connectivity index (χ1n) is 9.17. The molecule has 0 aliphatic heterocycles. The third-order valence-corrected chi connectivity index (χ3v) is 6.16. The van der Waals surface area contributed by atoms with Crippen molar-refractivity contribution in [1.29, 1.82) is 0 Å². The number of hydrogen-bond donors (Lipinski definition) is 1. The minimum atomic E-state index is -4.86. The molecule has 3 rings (SSSR count). The molecule has 1 aliphatic rings. The summed E-state index contributed by atoms with van der Waals surface area (Å²) in [6, 6.07) is 6.55. The van der Waals surface area contributed by atoms with Gasteiger partial charge in [-0.25, -0.2) is 0 Å². The highest BCUT2D eigenvalue weighted by Gasteiger charge is 2.63. The molecule has 1 fully saturated rings. The third-order valence-electron chi connectivity index (χ3n) is 5.34. The Hall–Kier alpha value is -2.00. The van der Waals surface area contributed by atoms with E-state index in [1.165, 1.54) is 24.3 Å². The number of benzene rings is 1. The van der Waals surface area contributed by atoms with E-state index in [-0.39, 0.29) is 28.5 Å². The summed E-state index contributed by atoms with van der Waals surface area (Å²) in [5.74, 6) is -2.02. The van der Waals surface area contributed by atoms with Crippen molar-refractivity contribution in [2.75, 3.05) is 6.54 Å². The van der Waals surface area contributed by atoms with Crippen molar-refractivity contribution in [3.05, 3.63) is 63.4 Å². The monoisotopic (exact) mass is 484 g/mol. The first kappa shape index (κ1) is 23.7. The molecule has 1 heterocycles. The van der Waals surface area contributed by atoms with Crippen LogP contribution in [0.5, 0.6) is 0 Å². The predicted molar refractivity (Wildman–Crippen MR) is 103 cm³/mol. The molecule has 0 radical (unpaired) electrons. The lowest BCUT2D eigenvalue weighted by Gasteiger charge is -2.27. The Balaban J connectivity index is 1.91. The molecule has 0 spiro atoms. The standard InChI is InChI=1S/C20H16Cl2F6N2O/c21-14-5-1-3-13(15(14)22)17(31)30-10-11(9-18(6-7-18)20(26,27)28)12-4-2-8-29-16(12)19(23,24)25/h1-5,8,11H,6-7,9-10H2,(H,30,31). The molecule has 1 saturated carbocycles. The van der Waals surface area contributed by atoms with Crippen LogP contribution in [-0.4, -0.2) is 23.6 Å². The second-order valence-electron chi connectivity index (χ2n) is 7.43. The van der Waals surface area contributed by atoms with Crippen LogP contribution in [0, 0.1) is 5.41 Å². The van der Waals surface area contributed by atoms with Crippen molar-refractivity contribution in [2.45, 2.75) is 37.5 Å². The van der Waals surface area contributed by atoms with Crippen LogP contribution in [0.1, 0.15) is 46.8 Å². The zero-order valence-electron chi connectivity index (χ0n) is 15.7. The van der Waals surface area contributed by atoms with Crippen molar-refractivity contribution in [1.82, 2.24) is 10.3 Å². The summed E-state index contributed by atoms with van der Waals surface area (Å²) in [5, 5.41) is 2.43. The second kappa shape index (κ2) is 8.50. The quantitative estimate of drug-likeness (QED) is 0.466. The van der Waals surface area contributed by atoms with Gasteiger partial charge in [0, 0.05) is 18.7 Å². The minimum absolute atomic E-state index is 0.0351. The molecule has 1 atom stereocenters. The molecule has 0 bridgehead atoms. The van der Waals surface area contributed by atoms with E-state index in [9.17, 15) is 31.1 Å². The molecular weight excluding hydrogens is 469 g/mol. The number of nitrogens with one attached hydrogen (secondary N) is 1. The highest BCUT2D eigenvalue weighted by molar-refractivity contribution is 6.43. The SMILES string of the molecule is O=C(NCC(CC1(C(F)(F)F)CC1)c1cccnc1C(F)(F)F)c1cccc(Cl)c1Cl. The molecule has 168 valence electrons. The molecule has 1 amide bonds. The number of aromatic nitrogens is 1. The van der Waals surface area contributed by atoms with Crippen LogP contribution in [0.15, 0.2) is 36.5 Å². The van der Waals surface area contributed by atoms with E-state index in [0.717, 1.165) is 12.3 Å². The lowest BCUT2D eigenvalue weighted by molar-refractivity contribution is -0.190. The van der Waals surface area contributed by atoms with Crippen LogP contribution in [0.4, 0.5) is 26.3 Å². The van der Waals surface area contributed by atoms with Gasteiger partial charge in [-0.2, -0.15) is 26.3 Å². The van der Waals surface area contributed by atoms with Crippen LogP contribution >= 0.6 is 23.2 Å². The number of amides is 1. The molecule has 3 nitrogen and oxygen atoms in total. The fraction of sp³-hybridized carbons (Fsp3) is 0.400. The van der Waals surface area contributed by atoms with E-state index in [4.69, 9.17) is 23.2 Å². The van der Waals surface area contributed by atoms with Crippen LogP contribution in [0.3, 0.4) is 0 Å². The van der Waals surface area contributed by atoms with Gasteiger partial charge in [0.2, 0.25) is 0 Å². The van der Waals surface area contributed by atoms with Crippen molar-refractivity contribution in [3.63, 3.8) is 0 Å². The summed E-state index contributed by atoms with van der Waals surface area (Å²) in [6.07, 6.45) is -9.46. The maximum absolute atomic E-state index is 13.5. The number of pyridine rings is 1. The summed E-state index contributed by atoms with van der Waals surface area (Å²) < 4.78 is 80.9. The summed E-state index contributed by atoms with van der Waals surface area (Å²) in [5.41, 5.74) is -3.78. The molecule has 1 N–H and O–H groups in total. The summed E-state index contributed by atoms with van der Waals surface area (Å²) in [4.78, 5) is 15.8. The van der Waals surface area contributed by atoms with Gasteiger partial charge in [-0.15, -0.1) is 0 Å². The minimum Gasteiger partial charge on any atom is -0.351 e. The van der Waals surface area contributed by atoms with Crippen molar-refractivity contribution in [2.24, 2.45) is 5.41 Å². The normalized spacial score (nSPS) is 16.6. The van der Waals surface area contributed by atoms with Gasteiger partial charge in [0.05, 0.1) is 21.0 Å². The van der Waals surface area contributed by atoms with E-state index in [1.807, 2.05) is 0 Å². The molecule has 11 heteroatoms. The van der Waals surface area contributed by atoms with Gasteiger partial charge in [0.1, 0.15) is 5.69 Å². The highest BCUT2D eigenvalue weighted by Crippen LogP contribution is 2.62. The van der Waals surface area contributed by atoms with Crippen molar-refractivity contribution >= 4 is 29.1 Å². The maximum atomic E-state index is 13.5. The number of nitrogens with zero attached hydrogens (tertiary/aromatic N) is 1. The molecule has 31 heavy (non-hydrogen) atoms. The fourth-order valence-corrected chi connectivity index (χ4v) is 3.88. The van der Waals surface area contributed by atoms with Gasteiger partial charge in [-0.05, 0) is 43.0 Å². The van der Waals surface area contributed by atoms with Crippen LogP contribution in [0.2, 0.25) is 10.0 Å². The van der Waals surface area contributed by atoms with Gasteiger partial charge >= 0.3 is 12.4 Å². The molecule has 1 aromatic heterocycles. The highest BCUT2D eigenvalue weighted by atomic mass is 35.5. The average molecular weight is 485 g/mol. The van der Waals surface area contributed by atoms with Gasteiger partial charge < -0.3 is 5.32 Å². The molecule has 1 unspecified atom stereocenters. The summed E-state index contributed by atoms with van der Waals surface area (Å²) >= 11 is 11.8. The number of hydrogen-bond acceptors (Lipinski definition) is 2. The fourth-order valence-electron chi connectivity index (χ4n) is 3.49. The van der Waals surface area contributed by atoms with Crippen LogP contribution in [0.25, 0.3) is 0 Å². The average Bonchev–Trinajstić information content (AvgIpc) is 3.47. The van der Waals surface area contributed by atoms with E-state index < -0.39 is 53.8 Å². The number of carbonyl (C=O) groups is 1. The van der Waals surface area contributed by atoms with Crippen LogP contribution < -0.4 is 5.32 Å². The van der Waals surface area contributed by atoms with Gasteiger partial charge in [0.15, 0.2) is 0 Å². The largest absolute Gasteiger partial charge is 0.433 e. The number of rotatable bonds is 6. The Morgan fingerprint density at radius 2 is 1.77 bits per heavy atom.